The second-order valence-corrected chi connectivity index (χ2v) is 8.07. The molecule has 1 saturated carbocycles. The van der Waals surface area contributed by atoms with Crippen LogP contribution in [-0.2, 0) is 16.3 Å². The number of aromatic nitrogens is 1. The van der Waals surface area contributed by atoms with E-state index in [4.69, 9.17) is 0 Å². The van der Waals surface area contributed by atoms with Gasteiger partial charge in [0.05, 0.1) is 10.9 Å². The van der Waals surface area contributed by atoms with Crippen LogP contribution in [0, 0.1) is 0 Å². The van der Waals surface area contributed by atoms with E-state index in [0.29, 0.717) is 12.8 Å². The summed E-state index contributed by atoms with van der Waals surface area (Å²) in [6.45, 7) is 0. The molecule has 19 heavy (non-hydrogen) atoms. The zero-order valence-electron chi connectivity index (χ0n) is 11.0. The molecule has 0 aromatic carbocycles. The minimum absolute atomic E-state index is 0.133. The minimum atomic E-state index is -3.23. The van der Waals surface area contributed by atoms with Gasteiger partial charge < -0.3 is 5.11 Å². The molecular formula is C14H19NO3S. The number of hydrogen-bond acceptors (Lipinski definition) is 4. The van der Waals surface area contributed by atoms with Crippen molar-refractivity contribution in [1.29, 1.82) is 0 Å². The van der Waals surface area contributed by atoms with E-state index in [0.717, 1.165) is 30.5 Å². The zero-order valence-corrected chi connectivity index (χ0v) is 11.9. The molecule has 4 nitrogen and oxygen atoms in total. The van der Waals surface area contributed by atoms with Gasteiger partial charge in [-0.25, -0.2) is 8.42 Å². The zero-order chi connectivity index (χ0) is 13.7. The number of pyridine rings is 1. The van der Waals surface area contributed by atoms with Crippen molar-refractivity contribution in [3.63, 3.8) is 0 Å². The van der Waals surface area contributed by atoms with E-state index in [1.54, 1.807) is 6.20 Å². The molecule has 3 rings (SSSR count). The molecule has 1 aromatic rings. The van der Waals surface area contributed by atoms with Gasteiger partial charge in [0.1, 0.15) is 0 Å². The summed E-state index contributed by atoms with van der Waals surface area (Å²) < 4.78 is 23.9. The highest BCUT2D eigenvalue weighted by Crippen LogP contribution is 2.49. The number of aryl methyl sites for hydroxylation is 1. The average Bonchev–Trinajstić information content (AvgIpc) is 2.92. The molecule has 0 aliphatic heterocycles. The van der Waals surface area contributed by atoms with Crippen LogP contribution < -0.4 is 0 Å². The first-order valence-electron chi connectivity index (χ1n) is 6.78. The molecule has 2 aliphatic carbocycles. The second kappa shape index (κ2) is 4.28. The van der Waals surface area contributed by atoms with Crippen LogP contribution in [0.1, 0.15) is 42.9 Å². The molecule has 1 N–H and O–H groups in total. The summed E-state index contributed by atoms with van der Waals surface area (Å²) in [5, 5.41) is 10.4. The molecule has 104 valence electrons. The summed E-state index contributed by atoms with van der Waals surface area (Å²) in [5.74, 6) is -0.133. The number of sulfone groups is 1. The number of aliphatic hydroxyl groups is 1. The molecule has 1 fully saturated rings. The van der Waals surface area contributed by atoms with Crippen LogP contribution in [0.4, 0.5) is 0 Å². The van der Waals surface area contributed by atoms with E-state index in [1.807, 2.05) is 12.1 Å². The Morgan fingerprint density at radius 2 is 2.21 bits per heavy atom. The quantitative estimate of drug-likeness (QED) is 0.890. The maximum Gasteiger partial charge on any atom is 0.153 e. The summed E-state index contributed by atoms with van der Waals surface area (Å²) in [6, 6.07) is 3.92. The molecule has 3 unspecified atom stereocenters. The van der Waals surface area contributed by atoms with E-state index in [1.165, 1.54) is 6.26 Å². The first-order chi connectivity index (χ1) is 8.93. The van der Waals surface area contributed by atoms with Crippen molar-refractivity contribution in [2.24, 2.45) is 0 Å². The highest BCUT2D eigenvalue weighted by Gasteiger charge is 2.53. The highest BCUT2D eigenvalue weighted by molar-refractivity contribution is 7.91. The summed E-state index contributed by atoms with van der Waals surface area (Å²) in [4.78, 5) is 4.39. The van der Waals surface area contributed by atoms with Crippen LogP contribution in [0.25, 0.3) is 0 Å². The van der Waals surface area contributed by atoms with Crippen LogP contribution in [-0.4, -0.2) is 35.6 Å². The maximum atomic E-state index is 11.9. The molecule has 0 saturated heterocycles. The predicted molar refractivity (Wildman–Crippen MR) is 72.7 cm³/mol. The van der Waals surface area contributed by atoms with Gasteiger partial charge >= 0.3 is 0 Å². The highest BCUT2D eigenvalue weighted by atomic mass is 32.2. The van der Waals surface area contributed by atoms with Gasteiger partial charge in [-0.1, -0.05) is 6.07 Å². The third-order valence-electron chi connectivity index (χ3n) is 4.68. The Labute approximate surface area is 113 Å². The van der Waals surface area contributed by atoms with E-state index in [9.17, 15) is 13.5 Å². The van der Waals surface area contributed by atoms with Crippen molar-refractivity contribution in [3.8, 4) is 0 Å². The maximum absolute atomic E-state index is 11.9. The van der Waals surface area contributed by atoms with Crippen molar-refractivity contribution in [3.05, 3.63) is 29.6 Å². The smallest absolute Gasteiger partial charge is 0.153 e. The average molecular weight is 281 g/mol. The molecule has 0 spiro atoms. The van der Waals surface area contributed by atoms with Gasteiger partial charge in [-0.05, 0) is 43.7 Å². The Hall–Kier alpha value is -0.940. The van der Waals surface area contributed by atoms with E-state index < -0.39 is 20.7 Å². The van der Waals surface area contributed by atoms with Gasteiger partial charge in [-0.2, -0.15) is 0 Å². The normalized spacial score (nSPS) is 34.4. The summed E-state index contributed by atoms with van der Waals surface area (Å²) in [5.41, 5.74) is 0.924. The lowest BCUT2D eigenvalue weighted by atomic mass is 9.83. The Balaban J connectivity index is 2.03. The van der Waals surface area contributed by atoms with Gasteiger partial charge in [0.15, 0.2) is 9.84 Å². The van der Waals surface area contributed by atoms with Gasteiger partial charge in [0.2, 0.25) is 0 Å². The summed E-state index contributed by atoms with van der Waals surface area (Å²) in [6.07, 6.45) is 6.54. The van der Waals surface area contributed by atoms with Crippen molar-refractivity contribution >= 4 is 9.84 Å². The lowest BCUT2D eigenvalue weighted by molar-refractivity contribution is 0.0210. The lowest BCUT2D eigenvalue weighted by Gasteiger charge is -2.34. The predicted octanol–water partition coefficient (Wildman–Crippen LogP) is 1.44. The Bertz CT molecular complexity index is 598. The Morgan fingerprint density at radius 3 is 2.95 bits per heavy atom. The van der Waals surface area contributed by atoms with Crippen molar-refractivity contribution in [2.75, 3.05) is 6.26 Å². The molecule has 0 amide bonds. The van der Waals surface area contributed by atoms with Crippen LogP contribution in [0.3, 0.4) is 0 Å². The number of rotatable bonds is 2. The first kappa shape index (κ1) is 13.1. The third kappa shape index (κ3) is 1.99. The molecule has 1 aromatic heterocycles. The minimum Gasteiger partial charge on any atom is -0.388 e. The summed E-state index contributed by atoms with van der Waals surface area (Å²) >= 11 is 0. The number of fused-ring (bicyclic) bond motifs is 1. The largest absolute Gasteiger partial charge is 0.388 e. The second-order valence-electron chi connectivity index (χ2n) is 5.84. The summed E-state index contributed by atoms with van der Waals surface area (Å²) in [7, 11) is -3.23. The first-order valence-corrected chi connectivity index (χ1v) is 8.73. The molecule has 5 heteroatoms. The monoisotopic (exact) mass is 281 g/mol. The standard InChI is InChI=1S/C14H19NO3S/c1-19(17,18)12-5-2-8-14(12,16)11-7-6-10-4-3-9-15-13(10)11/h3-4,9,11-12,16H,2,5-8H2,1H3. The fourth-order valence-corrected chi connectivity index (χ4v) is 5.48. The molecule has 2 aliphatic rings. The van der Waals surface area contributed by atoms with Gasteiger partial charge in [0, 0.05) is 24.1 Å². The van der Waals surface area contributed by atoms with Gasteiger partial charge in [-0.15, -0.1) is 0 Å². The van der Waals surface area contributed by atoms with Crippen molar-refractivity contribution in [2.45, 2.75) is 48.9 Å². The number of nitrogens with zero attached hydrogens (tertiary/aromatic N) is 1. The molecular weight excluding hydrogens is 262 g/mol. The number of hydrogen-bond donors (Lipinski definition) is 1. The Kier molecular flexibility index (Phi) is 2.94. The third-order valence-corrected chi connectivity index (χ3v) is 6.36. The van der Waals surface area contributed by atoms with Crippen LogP contribution in [0.15, 0.2) is 18.3 Å². The van der Waals surface area contributed by atoms with Crippen LogP contribution >= 0.6 is 0 Å². The Morgan fingerprint density at radius 1 is 1.42 bits per heavy atom. The molecule has 0 radical (unpaired) electrons. The van der Waals surface area contributed by atoms with Crippen molar-refractivity contribution < 1.29 is 13.5 Å². The fraction of sp³-hybridized carbons (Fsp3) is 0.643. The topological polar surface area (TPSA) is 67.3 Å². The lowest BCUT2D eigenvalue weighted by Crippen LogP contribution is -2.46. The van der Waals surface area contributed by atoms with E-state index in [2.05, 4.69) is 4.98 Å². The van der Waals surface area contributed by atoms with Crippen LogP contribution in [0.5, 0.6) is 0 Å². The molecule has 3 atom stereocenters. The SMILES string of the molecule is CS(=O)(=O)C1CCCC1(O)C1CCc2cccnc21. The molecule has 0 bridgehead atoms. The van der Waals surface area contributed by atoms with Gasteiger partial charge in [-0.3, -0.25) is 4.98 Å². The van der Waals surface area contributed by atoms with E-state index in [-0.39, 0.29) is 5.92 Å². The van der Waals surface area contributed by atoms with Crippen LogP contribution in [0.2, 0.25) is 0 Å². The van der Waals surface area contributed by atoms with Crippen molar-refractivity contribution in [1.82, 2.24) is 4.98 Å². The van der Waals surface area contributed by atoms with E-state index >= 15 is 0 Å². The van der Waals surface area contributed by atoms with Gasteiger partial charge in [0.25, 0.3) is 0 Å². The molecule has 1 heterocycles. The fourth-order valence-electron chi connectivity index (χ4n) is 3.86.